The molecule has 6 nitrogen and oxygen atoms in total. The van der Waals surface area contributed by atoms with E-state index >= 15 is 0 Å². The van der Waals surface area contributed by atoms with Gasteiger partial charge in [0.25, 0.3) is 0 Å². The summed E-state index contributed by atoms with van der Waals surface area (Å²) >= 11 is 0. The van der Waals surface area contributed by atoms with Crippen molar-refractivity contribution in [2.45, 2.75) is 26.6 Å². The molecule has 164 valence electrons. The summed E-state index contributed by atoms with van der Waals surface area (Å²) in [5, 5.41) is 9.25. The molecule has 0 amide bonds. The van der Waals surface area contributed by atoms with Gasteiger partial charge in [0, 0.05) is 36.7 Å². The lowest BCUT2D eigenvalue weighted by atomic mass is 10.1. The van der Waals surface area contributed by atoms with E-state index in [9.17, 15) is 28.0 Å². The Bertz CT molecular complexity index is 1040. The van der Waals surface area contributed by atoms with E-state index in [1.54, 1.807) is 18.2 Å². The normalized spacial score (nSPS) is 11.7. The Kier molecular flexibility index (Phi) is 7.28. The average molecular weight is 433 g/mol. The molecule has 1 aromatic carbocycles. The van der Waals surface area contributed by atoms with Crippen LogP contribution >= 0.6 is 0 Å². The number of halogens is 3. The second-order valence-electron chi connectivity index (χ2n) is 7.14. The van der Waals surface area contributed by atoms with Gasteiger partial charge in [-0.15, -0.1) is 0 Å². The third-order valence-corrected chi connectivity index (χ3v) is 4.61. The van der Waals surface area contributed by atoms with Gasteiger partial charge in [-0.1, -0.05) is 12.1 Å². The molecule has 0 bridgehead atoms. The first-order chi connectivity index (χ1) is 14.4. The van der Waals surface area contributed by atoms with Gasteiger partial charge in [0.15, 0.2) is 6.61 Å². The van der Waals surface area contributed by atoms with Crippen molar-refractivity contribution in [1.29, 1.82) is 5.26 Å². The predicted molar refractivity (Wildman–Crippen MR) is 110 cm³/mol. The van der Waals surface area contributed by atoms with E-state index in [1.165, 1.54) is 26.0 Å². The monoisotopic (exact) mass is 433 g/mol. The SMILES string of the molecule is Cc1cc(C(=O)COC(=O)/C(C#N)=C/c2ccc(N(C)C)cc2)c(C)n1CC(F)(F)F. The van der Waals surface area contributed by atoms with Crippen molar-refractivity contribution < 1.29 is 27.5 Å². The van der Waals surface area contributed by atoms with Crippen molar-refractivity contribution in [3.05, 3.63) is 58.4 Å². The van der Waals surface area contributed by atoms with E-state index < -0.39 is 31.1 Å². The highest BCUT2D eigenvalue weighted by atomic mass is 19.4. The van der Waals surface area contributed by atoms with Gasteiger partial charge in [-0.05, 0) is 43.7 Å². The van der Waals surface area contributed by atoms with Gasteiger partial charge in [-0.25, -0.2) is 4.79 Å². The van der Waals surface area contributed by atoms with E-state index in [-0.39, 0.29) is 22.5 Å². The molecule has 2 rings (SSSR count). The number of benzene rings is 1. The number of hydrogen-bond acceptors (Lipinski definition) is 5. The Balaban J connectivity index is 2.09. The fourth-order valence-corrected chi connectivity index (χ4v) is 2.96. The molecule has 2 aromatic rings. The van der Waals surface area contributed by atoms with Crippen molar-refractivity contribution in [2.75, 3.05) is 25.6 Å². The third kappa shape index (κ3) is 6.22. The number of carbonyl (C=O) groups excluding carboxylic acids is 2. The fraction of sp³-hybridized carbons (Fsp3) is 0.318. The smallest absolute Gasteiger partial charge is 0.406 e. The maximum absolute atomic E-state index is 12.7. The van der Waals surface area contributed by atoms with Crippen molar-refractivity contribution in [1.82, 2.24) is 4.57 Å². The Morgan fingerprint density at radius 2 is 1.81 bits per heavy atom. The number of Topliss-reactive ketones (excluding diaryl/α,β-unsaturated/α-hetero) is 1. The second kappa shape index (κ2) is 9.51. The standard InChI is InChI=1S/C22H22F3N3O3/c1-14-9-19(15(2)28(14)13-22(23,24)25)20(29)12-31-21(30)17(11-26)10-16-5-7-18(8-6-16)27(3)4/h5-10H,12-13H2,1-4H3/b17-10+. The number of alkyl halides is 3. The summed E-state index contributed by atoms with van der Waals surface area (Å²) in [5.74, 6) is -1.64. The number of nitriles is 1. The van der Waals surface area contributed by atoms with E-state index in [0.29, 0.717) is 5.56 Å². The van der Waals surface area contributed by atoms with Crippen molar-refractivity contribution in [2.24, 2.45) is 0 Å². The average Bonchev–Trinajstić information content (AvgIpc) is 2.97. The molecule has 0 aliphatic rings. The third-order valence-electron chi connectivity index (χ3n) is 4.61. The minimum absolute atomic E-state index is 0.0383. The molecule has 0 aliphatic heterocycles. The van der Waals surface area contributed by atoms with Gasteiger partial charge < -0.3 is 14.2 Å². The highest BCUT2D eigenvalue weighted by Crippen LogP contribution is 2.23. The molecule has 31 heavy (non-hydrogen) atoms. The van der Waals surface area contributed by atoms with E-state index in [1.807, 2.05) is 31.1 Å². The number of ketones is 1. The number of carbonyl (C=O) groups is 2. The molecule has 1 heterocycles. The van der Waals surface area contributed by atoms with Crippen LogP contribution < -0.4 is 4.90 Å². The zero-order valence-electron chi connectivity index (χ0n) is 17.6. The van der Waals surface area contributed by atoms with Gasteiger partial charge >= 0.3 is 12.1 Å². The lowest BCUT2D eigenvalue weighted by molar-refractivity contribution is -0.141. The number of ether oxygens (including phenoxy) is 1. The quantitative estimate of drug-likeness (QED) is 0.285. The molecule has 0 radical (unpaired) electrons. The Labute approximate surface area is 178 Å². The lowest BCUT2D eigenvalue weighted by Gasteiger charge is -2.12. The summed E-state index contributed by atoms with van der Waals surface area (Å²) < 4.78 is 44.1. The molecule has 0 fully saturated rings. The first-order valence-electron chi connectivity index (χ1n) is 9.26. The number of esters is 1. The van der Waals surface area contributed by atoms with Crippen molar-refractivity contribution >= 4 is 23.5 Å². The van der Waals surface area contributed by atoms with Crippen LogP contribution in [0.15, 0.2) is 35.9 Å². The summed E-state index contributed by atoms with van der Waals surface area (Å²) in [6.45, 7) is 0.949. The van der Waals surface area contributed by atoms with E-state index in [4.69, 9.17) is 4.74 Å². The number of anilines is 1. The Morgan fingerprint density at radius 1 is 1.19 bits per heavy atom. The lowest BCUT2D eigenvalue weighted by Crippen LogP contribution is -2.20. The zero-order chi connectivity index (χ0) is 23.3. The number of aryl methyl sites for hydroxylation is 1. The summed E-state index contributed by atoms with van der Waals surface area (Å²) in [4.78, 5) is 26.5. The largest absolute Gasteiger partial charge is 0.453 e. The second-order valence-corrected chi connectivity index (χ2v) is 7.14. The molecule has 0 atom stereocenters. The number of hydrogen-bond donors (Lipinski definition) is 0. The number of rotatable bonds is 7. The van der Waals surface area contributed by atoms with Crippen LogP contribution in [0.25, 0.3) is 6.08 Å². The fourth-order valence-electron chi connectivity index (χ4n) is 2.96. The maximum atomic E-state index is 12.7. The molecule has 0 spiro atoms. The predicted octanol–water partition coefficient (Wildman–Crippen LogP) is 4.07. The topological polar surface area (TPSA) is 75.3 Å². The van der Waals surface area contributed by atoms with Crippen LogP contribution in [0, 0.1) is 25.2 Å². The van der Waals surface area contributed by atoms with Gasteiger partial charge in [0.05, 0.1) is 0 Å². The Hall–Kier alpha value is -3.54. The van der Waals surface area contributed by atoms with Crippen molar-refractivity contribution in [3.8, 4) is 6.07 Å². The molecule has 0 unspecified atom stereocenters. The Morgan fingerprint density at radius 3 is 2.32 bits per heavy atom. The zero-order valence-corrected chi connectivity index (χ0v) is 17.6. The molecule has 1 aromatic heterocycles. The van der Waals surface area contributed by atoms with Gasteiger partial charge in [0.2, 0.25) is 5.78 Å². The van der Waals surface area contributed by atoms with Crippen LogP contribution in [-0.4, -0.2) is 43.2 Å². The van der Waals surface area contributed by atoms with Crippen LogP contribution in [0.4, 0.5) is 18.9 Å². The summed E-state index contributed by atoms with van der Waals surface area (Å²) in [7, 11) is 3.75. The minimum atomic E-state index is -4.43. The van der Waals surface area contributed by atoms with Crippen LogP contribution in [0.3, 0.4) is 0 Å². The molecule has 0 aliphatic carbocycles. The van der Waals surface area contributed by atoms with E-state index in [2.05, 4.69) is 0 Å². The summed E-state index contributed by atoms with van der Waals surface area (Å²) in [6.07, 6.45) is -3.10. The molecule has 9 heteroatoms. The van der Waals surface area contributed by atoms with Crippen LogP contribution in [0.5, 0.6) is 0 Å². The highest BCUT2D eigenvalue weighted by molar-refractivity contribution is 6.02. The van der Waals surface area contributed by atoms with Crippen molar-refractivity contribution in [3.63, 3.8) is 0 Å². The molecule has 0 saturated carbocycles. The molecular weight excluding hydrogens is 411 g/mol. The van der Waals surface area contributed by atoms with Gasteiger partial charge in [0.1, 0.15) is 18.2 Å². The first kappa shape index (κ1) is 23.7. The van der Waals surface area contributed by atoms with E-state index in [0.717, 1.165) is 10.3 Å². The maximum Gasteiger partial charge on any atom is 0.406 e. The highest BCUT2D eigenvalue weighted by Gasteiger charge is 2.30. The molecular formula is C22H22F3N3O3. The van der Waals surface area contributed by atoms with Crippen LogP contribution in [0.1, 0.15) is 27.3 Å². The molecule has 0 N–H and O–H groups in total. The van der Waals surface area contributed by atoms with Gasteiger partial charge in [-0.2, -0.15) is 18.4 Å². The number of aromatic nitrogens is 1. The first-order valence-corrected chi connectivity index (χ1v) is 9.26. The molecule has 0 saturated heterocycles. The van der Waals surface area contributed by atoms with Crippen LogP contribution in [0.2, 0.25) is 0 Å². The summed E-state index contributed by atoms with van der Waals surface area (Å²) in [5.41, 5.74) is 1.67. The number of nitrogens with zero attached hydrogens (tertiary/aromatic N) is 3. The minimum Gasteiger partial charge on any atom is -0.453 e. The van der Waals surface area contributed by atoms with Gasteiger partial charge in [-0.3, -0.25) is 4.79 Å². The van der Waals surface area contributed by atoms with Crippen LogP contribution in [-0.2, 0) is 16.1 Å². The summed E-state index contributed by atoms with van der Waals surface area (Å²) in [6, 6.07) is 10.1.